The molecule has 64 valence electrons. The molecule has 0 saturated carbocycles. The average Bonchev–Trinajstić information content (AvgIpc) is 2.50. The van der Waals surface area contributed by atoms with Crippen LogP contribution in [0.4, 0.5) is 4.39 Å². The monoisotopic (exact) mass is 160 g/mol. The van der Waals surface area contributed by atoms with Crippen molar-refractivity contribution in [3.8, 4) is 0 Å². The zero-order valence-electron chi connectivity index (χ0n) is 6.42. The average molecular weight is 160 g/mol. The first-order valence-electron chi connectivity index (χ1n) is 3.81. The Morgan fingerprint density at radius 1 is 1.73 bits per heavy atom. The van der Waals surface area contributed by atoms with Gasteiger partial charge in [-0.2, -0.15) is 0 Å². The van der Waals surface area contributed by atoms with E-state index < -0.39 is 0 Å². The van der Waals surface area contributed by atoms with Gasteiger partial charge in [-0.1, -0.05) is 0 Å². The third-order valence-corrected chi connectivity index (χ3v) is 2.03. The molecule has 0 aromatic heterocycles. The number of amides is 1. The SMILES string of the molecule is NCC(=O)N1CC[C@@H](CF)C1. The standard InChI is InChI=1S/C7H13FN2O/c8-3-6-1-2-10(5-6)7(11)4-9/h6H,1-5,9H2/t6-/m0/s1. The van der Waals surface area contributed by atoms with Crippen molar-refractivity contribution in [1.29, 1.82) is 0 Å². The van der Waals surface area contributed by atoms with E-state index in [0.717, 1.165) is 6.42 Å². The van der Waals surface area contributed by atoms with Gasteiger partial charge in [-0.05, 0) is 6.42 Å². The van der Waals surface area contributed by atoms with Crippen molar-refractivity contribution in [2.75, 3.05) is 26.3 Å². The molecule has 1 amide bonds. The zero-order chi connectivity index (χ0) is 8.27. The molecular weight excluding hydrogens is 147 g/mol. The summed E-state index contributed by atoms with van der Waals surface area (Å²) in [4.78, 5) is 12.6. The van der Waals surface area contributed by atoms with Crippen molar-refractivity contribution < 1.29 is 9.18 Å². The van der Waals surface area contributed by atoms with Crippen LogP contribution in [0.15, 0.2) is 0 Å². The number of rotatable bonds is 2. The van der Waals surface area contributed by atoms with E-state index in [-0.39, 0.29) is 25.0 Å². The highest BCUT2D eigenvalue weighted by Gasteiger charge is 2.24. The molecular formula is C7H13FN2O. The number of nitrogens with zero attached hydrogens (tertiary/aromatic N) is 1. The lowest BCUT2D eigenvalue weighted by molar-refractivity contribution is -0.128. The Labute approximate surface area is 65.3 Å². The molecule has 1 aliphatic heterocycles. The molecule has 1 heterocycles. The molecule has 0 aliphatic carbocycles. The molecule has 1 rings (SSSR count). The first-order chi connectivity index (χ1) is 5.27. The fourth-order valence-electron chi connectivity index (χ4n) is 1.31. The first kappa shape index (κ1) is 8.46. The second-order valence-electron chi connectivity index (χ2n) is 2.85. The minimum absolute atomic E-state index is 0.0407. The fraction of sp³-hybridized carbons (Fsp3) is 0.857. The molecule has 0 spiro atoms. The summed E-state index contributed by atoms with van der Waals surface area (Å²) in [5.74, 6) is -0.0218. The topological polar surface area (TPSA) is 46.3 Å². The van der Waals surface area contributed by atoms with Gasteiger partial charge in [-0.15, -0.1) is 0 Å². The predicted octanol–water partition coefficient (Wildman–Crippen LogP) is -0.237. The van der Waals surface area contributed by atoms with Crippen LogP contribution >= 0.6 is 0 Å². The van der Waals surface area contributed by atoms with Gasteiger partial charge in [0.25, 0.3) is 0 Å². The summed E-state index contributed by atoms with van der Waals surface area (Å²) in [7, 11) is 0. The van der Waals surface area contributed by atoms with Crippen molar-refractivity contribution in [3.63, 3.8) is 0 Å². The summed E-state index contributed by atoms with van der Waals surface area (Å²) >= 11 is 0. The van der Waals surface area contributed by atoms with Crippen LogP contribution in [0, 0.1) is 5.92 Å². The Morgan fingerprint density at radius 2 is 2.45 bits per heavy atom. The van der Waals surface area contributed by atoms with Crippen LogP contribution in [0.3, 0.4) is 0 Å². The molecule has 4 heteroatoms. The van der Waals surface area contributed by atoms with Crippen LogP contribution in [-0.4, -0.2) is 37.1 Å². The van der Waals surface area contributed by atoms with Crippen LogP contribution in [0.5, 0.6) is 0 Å². The summed E-state index contributed by atoms with van der Waals surface area (Å²) in [6.45, 7) is 0.935. The second kappa shape index (κ2) is 3.67. The van der Waals surface area contributed by atoms with E-state index in [1.807, 2.05) is 0 Å². The highest BCUT2D eigenvalue weighted by atomic mass is 19.1. The minimum Gasteiger partial charge on any atom is -0.341 e. The van der Waals surface area contributed by atoms with E-state index in [4.69, 9.17) is 5.73 Å². The van der Waals surface area contributed by atoms with Crippen molar-refractivity contribution in [2.45, 2.75) is 6.42 Å². The Bertz CT molecular complexity index is 151. The Morgan fingerprint density at radius 3 is 2.91 bits per heavy atom. The highest BCUT2D eigenvalue weighted by Crippen LogP contribution is 2.15. The number of carbonyl (C=O) groups excluding carboxylic acids is 1. The molecule has 0 aromatic carbocycles. The lowest BCUT2D eigenvalue weighted by atomic mass is 10.1. The Balaban J connectivity index is 2.35. The van der Waals surface area contributed by atoms with Gasteiger partial charge < -0.3 is 10.6 Å². The minimum atomic E-state index is -0.325. The Hall–Kier alpha value is -0.640. The molecule has 0 radical (unpaired) electrons. The smallest absolute Gasteiger partial charge is 0.236 e. The summed E-state index contributed by atoms with van der Waals surface area (Å²) in [6.07, 6.45) is 0.780. The van der Waals surface area contributed by atoms with Gasteiger partial charge in [0, 0.05) is 19.0 Å². The number of carbonyl (C=O) groups is 1. The zero-order valence-corrected chi connectivity index (χ0v) is 6.42. The van der Waals surface area contributed by atoms with Gasteiger partial charge in [0.2, 0.25) is 5.91 Å². The van der Waals surface area contributed by atoms with E-state index in [1.165, 1.54) is 0 Å². The number of nitrogens with two attached hydrogens (primary N) is 1. The van der Waals surface area contributed by atoms with Gasteiger partial charge in [0.1, 0.15) is 0 Å². The third kappa shape index (κ3) is 1.89. The third-order valence-electron chi connectivity index (χ3n) is 2.03. The molecule has 0 aromatic rings. The highest BCUT2D eigenvalue weighted by molar-refractivity contribution is 5.78. The first-order valence-corrected chi connectivity index (χ1v) is 3.81. The summed E-state index contributed by atoms with van der Waals surface area (Å²) < 4.78 is 12.1. The number of likely N-dealkylation sites (tertiary alicyclic amines) is 1. The van der Waals surface area contributed by atoms with Gasteiger partial charge in [0.15, 0.2) is 0 Å². The van der Waals surface area contributed by atoms with Crippen LogP contribution < -0.4 is 5.73 Å². The molecule has 3 nitrogen and oxygen atoms in total. The number of halogens is 1. The summed E-state index contributed by atoms with van der Waals surface area (Å²) in [5.41, 5.74) is 5.15. The molecule has 1 aliphatic rings. The van der Waals surface area contributed by atoms with E-state index >= 15 is 0 Å². The number of hydrogen-bond acceptors (Lipinski definition) is 2. The second-order valence-corrected chi connectivity index (χ2v) is 2.85. The van der Waals surface area contributed by atoms with Crippen LogP contribution in [-0.2, 0) is 4.79 Å². The quantitative estimate of drug-likeness (QED) is 0.606. The van der Waals surface area contributed by atoms with Crippen LogP contribution in [0.2, 0.25) is 0 Å². The van der Waals surface area contributed by atoms with Gasteiger partial charge >= 0.3 is 0 Å². The van der Waals surface area contributed by atoms with Crippen molar-refractivity contribution in [1.82, 2.24) is 4.90 Å². The van der Waals surface area contributed by atoms with Crippen molar-refractivity contribution >= 4 is 5.91 Å². The van der Waals surface area contributed by atoms with Crippen LogP contribution in [0.1, 0.15) is 6.42 Å². The number of alkyl halides is 1. The van der Waals surface area contributed by atoms with E-state index in [0.29, 0.717) is 13.1 Å². The fourth-order valence-corrected chi connectivity index (χ4v) is 1.31. The molecule has 1 atom stereocenters. The van der Waals surface area contributed by atoms with Crippen LogP contribution in [0.25, 0.3) is 0 Å². The maximum absolute atomic E-state index is 12.1. The van der Waals surface area contributed by atoms with E-state index in [2.05, 4.69) is 0 Å². The van der Waals surface area contributed by atoms with Crippen molar-refractivity contribution in [2.24, 2.45) is 11.7 Å². The molecule has 1 saturated heterocycles. The predicted molar refractivity (Wildman–Crippen MR) is 39.7 cm³/mol. The summed E-state index contributed by atoms with van der Waals surface area (Å²) in [5, 5.41) is 0. The number of hydrogen-bond donors (Lipinski definition) is 1. The van der Waals surface area contributed by atoms with Crippen molar-refractivity contribution in [3.05, 3.63) is 0 Å². The lowest BCUT2D eigenvalue weighted by Crippen LogP contribution is -2.34. The van der Waals surface area contributed by atoms with Gasteiger partial charge in [-0.3, -0.25) is 9.18 Å². The normalized spacial score (nSPS) is 24.2. The Kier molecular flexibility index (Phi) is 2.82. The molecule has 2 N–H and O–H groups in total. The van der Waals surface area contributed by atoms with Gasteiger partial charge in [-0.25, -0.2) is 0 Å². The molecule has 1 fully saturated rings. The lowest BCUT2D eigenvalue weighted by Gasteiger charge is -2.13. The van der Waals surface area contributed by atoms with Gasteiger partial charge in [0.05, 0.1) is 13.2 Å². The largest absolute Gasteiger partial charge is 0.341 e. The maximum Gasteiger partial charge on any atom is 0.236 e. The van der Waals surface area contributed by atoms with E-state index in [1.54, 1.807) is 4.90 Å². The molecule has 11 heavy (non-hydrogen) atoms. The summed E-state index contributed by atoms with van der Waals surface area (Å²) in [6, 6.07) is 0. The molecule has 0 bridgehead atoms. The molecule has 0 unspecified atom stereocenters. The maximum atomic E-state index is 12.1. The van der Waals surface area contributed by atoms with E-state index in [9.17, 15) is 9.18 Å².